The zero-order chi connectivity index (χ0) is 21.6. The van der Waals surface area contributed by atoms with Crippen molar-refractivity contribution in [2.45, 2.75) is 48.4 Å². The van der Waals surface area contributed by atoms with Crippen molar-refractivity contribution in [3.05, 3.63) is 42.0 Å². The maximum atomic E-state index is 11.2. The van der Waals surface area contributed by atoms with Crippen molar-refractivity contribution in [2.75, 3.05) is 7.11 Å². The minimum atomic E-state index is -4.64. The molecule has 1 heterocycles. The fourth-order valence-corrected chi connectivity index (χ4v) is 7.95. The molecule has 5 aliphatic rings. The summed E-state index contributed by atoms with van der Waals surface area (Å²) in [5.74, 6) is 0.193. The SMILES string of the molecule is COC1(c2ccc3ccc(OP(=O)(O)O)cc3c2)OOC12C1CC3CC2CC(Cl)(C3)C1. The van der Waals surface area contributed by atoms with E-state index in [0.717, 1.165) is 48.4 Å². The van der Waals surface area contributed by atoms with Crippen molar-refractivity contribution >= 4 is 30.2 Å². The van der Waals surface area contributed by atoms with Gasteiger partial charge in [0.2, 0.25) is 0 Å². The molecule has 1 saturated heterocycles. The van der Waals surface area contributed by atoms with Crippen molar-refractivity contribution in [1.82, 2.24) is 0 Å². The van der Waals surface area contributed by atoms with Crippen LogP contribution in [0.15, 0.2) is 36.4 Å². The van der Waals surface area contributed by atoms with E-state index in [4.69, 9.17) is 40.4 Å². The Labute approximate surface area is 184 Å². The molecule has 7 rings (SSSR count). The quantitative estimate of drug-likeness (QED) is 0.385. The number of phosphoric acid groups is 1. The van der Waals surface area contributed by atoms with Crippen molar-refractivity contribution in [2.24, 2.45) is 17.8 Å². The lowest BCUT2D eigenvalue weighted by molar-refractivity contribution is -0.645. The number of hydrogen-bond donors (Lipinski definition) is 2. The number of benzene rings is 2. The zero-order valence-electron chi connectivity index (χ0n) is 17.0. The third-order valence-corrected chi connectivity index (χ3v) is 8.75. The second kappa shape index (κ2) is 6.45. The fourth-order valence-electron chi connectivity index (χ4n) is 6.97. The van der Waals surface area contributed by atoms with Gasteiger partial charge in [0.1, 0.15) is 5.75 Å². The van der Waals surface area contributed by atoms with Crippen LogP contribution >= 0.6 is 19.4 Å². The number of phosphoric ester groups is 1. The van der Waals surface area contributed by atoms with E-state index in [1.54, 1.807) is 19.2 Å². The topological polar surface area (TPSA) is 94.5 Å². The first-order valence-corrected chi connectivity index (χ1v) is 12.5. The van der Waals surface area contributed by atoms with Gasteiger partial charge >= 0.3 is 7.82 Å². The van der Waals surface area contributed by atoms with E-state index in [1.165, 1.54) is 6.07 Å². The third-order valence-electron chi connectivity index (χ3n) is 7.84. The van der Waals surface area contributed by atoms with Crippen LogP contribution in [0.4, 0.5) is 0 Å². The molecular weight excluding hydrogens is 443 g/mol. The Morgan fingerprint density at radius 1 is 1.03 bits per heavy atom. The molecule has 4 bridgehead atoms. The Morgan fingerprint density at radius 2 is 1.74 bits per heavy atom. The van der Waals surface area contributed by atoms with Gasteiger partial charge in [-0.05, 0) is 78.8 Å². The average molecular weight is 467 g/mol. The third kappa shape index (κ3) is 2.81. The molecule has 5 fully saturated rings. The molecule has 2 aromatic rings. The van der Waals surface area contributed by atoms with E-state index in [-0.39, 0.29) is 22.5 Å². The van der Waals surface area contributed by atoms with E-state index in [2.05, 4.69) is 0 Å². The van der Waals surface area contributed by atoms with Gasteiger partial charge < -0.3 is 9.26 Å². The molecule has 4 aliphatic carbocycles. The van der Waals surface area contributed by atoms with Crippen LogP contribution in [0.1, 0.15) is 37.7 Å². The summed E-state index contributed by atoms with van der Waals surface area (Å²) in [5.41, 5.74) is 0.239. The Balaban J connectivity index is 1.43. The first-order chi connectivity index (χ1) is 14.7. The molecule has 166 valence electrons. The Morgan fingerprint density at radius 3 is 2.32 bits per heavy atom. The predicted octanol–water partition coefficient (Wildman–Crippen LogP) is 4.63. The Hall–Kier alpha value is -1.18. The molecule has 0 amide bonds. The number of halogens is 1. The van der Waals surface area contributed by atoms with Crippen LogP contribution in [-0.4, -0.2) is 27.4 Å². The van der Waals surface area contributed by atoms with Crippen molar-refractivity contribution < 1.29 is 33.4 Å². The van der Waals surface area contributed by atoms with Crippen LogP contribution in [0.2, 0.25) is 0 Å². The molecule has 31 heavy (non-hydrogen) atoms. The van der Waals surface area contributed by atoms with Crippen molar-refractivity contribution in [3.8, 4) is 5.75 Å². The highest BCUT2D eigenvalue weighted by molar-refractivity contribution is 7.46. The molecule has 1 spiro atoms. The van der Waals surface area contributed by atoms with Crippen LogP contribution in [0.25, 0.3) is 10.8 Å². The van der Waals surface area contributed by atoms with E-state index < -0.39 is 19.2 Å². The number of fused-ring (bicyclic) bond motifs is 1. The summed E-state index contributed by atoms with van der Waals surface area (Å²) < 4.78 is 22.1. The smallest absolute Gasteiger partial charge is 0.404 e. The number of rotatable bonds is 4. The maximum Gasteiger partial charge on any atom is 0.524 e. The normalized spacial score (nSPS) is 41.0. The van der Waals surface area contributed by atoms with Crippen LogP contribution in [0.5, 0.6) is 5.75 Å². The molecule has 2 aromatic carbocycles. The highest BCUT2D eigenvalue weighted by atomic mass is 35.5. The first kappa shape index (κ1) is 20.4. The minimum Gasteiger partial charge on any atom is -0.404 e. The van der Waals surface area contributed by atoms with E-state index in [9.17, 15) is 4.57 Å². The van der Waals surface area contributed by atoms with Crippen LogP contribution in [0.3, 0.4) is 0 Å². The molecule has 3 atom stereocenters. The van der Waals surface area contributed by atoms with Crippen LogP contribution in [0, 0.1) is 17.8 Å². The lowest BCUT2D eigenvalue weighted by Crippen LogP contribution is -2.78. The van der Waals surface area contributed by atoms with Gasteiger partial charge in [0, 0.05) is 17.5 Å². The van der Waals surface area contributed by atoms with E-state index >= 15 is 0 Å². The molecule has 2 N–H and O–H groups in total. The lowest BCUT2D eigenvalue weighted by atomic mass is 9.46. The summed E-state index contributed by atoms with van der Waals surface area (Å²) in [6.45, 7) is 0. The molecule has 1 aliphatic heterocycles. The highest BCUT2D eigenvalue weighted by Crippen LogP contribution is 2.71. The Bertz CT molecular complexity index is 1100. The summed E-state index contributed by atoms with van der Waals surface area (Å²) in [6.07, 6.45) is 4.99. The predicted molar refractivity (Wildman–Crippen MR) is 112 cm³/mol. The number of ether oxygens (including phenoxy) is 1. The molecule has 3 unspecified atom stereocenters. The monoisotopic (exact) mass is 466 g/mol. The minimum absolute atomic E-state index is 0.101. The second-order valence-corrected chi connectivity index (χ2v) is 11.5. The summed E-state index contributed by atoms with van der Waals surface area (Å²) in [6, 6.07) is 10.8. The standard InChI is InChI=1S/C22H24ClO7P/c1-27-22(16-4-2-14-3-5-19(9-15(14)8-16)28-31(24,25)26)21(29-30-22)17-6-13-7-18(21)12-20(23,10-13)11-17/h2-5,8-9,13,17-18H,6-7,10-12H2,1H3,(H2,24,25,26). The molecule has 4 saturated carbocycles. The van der Waals surface area contributed by atoms with E-state index in [1.807, 2.05) is 18.2 Å². The number of alkyl halides is 1. The molecule has 7 nitrogen and oxygen atoms in total. The first-order valence-electron chi connectivity index (χ1n) is 10.6. The summed E-state index contributed by atoms with van der Waals surface area (Å²) >= 11 is 6.96. The summed E-state index contributed by atoms with van der Waals surface area (Å²) in [7, 11) is -3.00. The summed E-state index contributed by atoms with van der Waals surface area (Å²) in [5, 5.41) is 1.68. The molecule has 9 heteroatoms. The van der Waals surface area contributed by atoms with Gasteiger partial charge in [0.15, 0.2) is 5.60 Å². The largest absolute Gasteiger partial charge is 0.524 e. The fraction of sp³-hybridized carbons (Fsp3) is 0.545. The maximum absolute atomic E-state index is 11.2. The molecule has 0 aromatic heterocycles. The second-order valence-electron chi connectivity index (χ2n) is 9.58. The zero-order valence-corrected chi connectivity index (χ0v) is 18.6. The highest BCUT2D eigenvalue weighted by Gasteiger charge is 2.78. The molecule has 0 radical (unpaired) electrons. The van der Waals surface area contributed by atoms with Crippen molar-refractivity contribution in [1.29, 1.82) is 0 Å². The number of hydrogen-bond acceptors (Lipinski definition) is 5. The van der Waals surface area contributed by atoms with Gasteiger partial charge in [-0.15, -0.1) is 11.6 Å². The van der Waals surface area contributed by atoms with Gasteiger partial charge in [-0.2, -0.15) is 4.89 Å². The van der Waals surface area contributed by atoms with Gasteiger partial charge in [0.25, 0.3) is 5.79 Å². The van der Waals surface area contributed by atoms with Crippen LogP contribution in [-0.2, 0) is 24.9 Å². The van der Waals surface area contributed by atoms with Crippen molar-refractivity contribution in [3.63, 3.8) is 0 Å². The number of methoxy groups -OCH3 is 1. The summed E-state index contributed by atoms with van der Waals surface area (Å²) in [4.78, 5) is 29.9. The van der Waals surface area contributed by atoms with Gasteiger partial charge in [-0.1, -0.05) is 18.2 Å². The van der Waals surface area contributed by atoms with Gasteiger partial charge in [0.05, 0.1) is 0 Å². The molecular formula is C22H24ClO7P. The lowest BCUT2D eigenvalue weighted by Gasteiger charge is -2.70. The van der Waals surface area contributed by atoms with Gasteiger partial charge in [-0.25, -0.2) is 9.45 Å². The van der Waals surface area contributed by atoms with Gasteiger partial charge in [-0.3, -0.25) is 9.79 Å². The Kier molecular flexibility index (Phi) is 4.25. The average Bonchev–Trinajstić information content (AvgIpc) is 2.65. The van der Waals surface area contributed by atoms with E-state index in [0.29, 0.717) is 5.92 Å². The van der Waals surface area contributed by atoms with Crippen LogP contribution < -0.4 is 4.52 Å².